The molecule has 1 aromatic carbocycles. The molecule has 0 N–H and O–H groups in total. The fourth-order valence-electron chi connectivity index (χ4n) is 3.38. The summed E-state index contributed by atoms with van der Waals surface area (Å²) in [6.45, 7) is 6.34. The molecule has 0 amide bonds. The van der Waals surface area contributed by atoms with Crippen LogP contribution in [0.15, 0.2) is 36.7 Å². The number of aromatic nitrogens is 2. The Hall–Kier alpha value is -1.75. The molecule has 0 saturated carbocycles. The summed E-state index contributed by atoms with van der Waals surface area (Å²) < 4.78 is 5.47. The van der Waals surface area contributed by atoms with Gasteiger partial charge < -0.3 is 4.74 Å². The third-order valence-electron chi connectivity index (χ3n) is 5.72. The van der Waals surface area contributed by atoms with Crippen molar-refractivity contribution in [3.8, 4) is 17.1 Å². The number of esters is 1. The number of hydrogen-bond donors (Lipinski definition) is 0. The monoisotopic (exact) mass is 488 g/mol. The standard InChI is InChI=1S/C26H37BrN2O2/c1-4-6-7-8-9-10-11-12-13-21-18-28-25(29-19-21)22-14-16-23(17-15-22)31-26(30)24(27)20(3)5-2/h14-20,24H,4-13H2,1-3H3. The lowest BCUT2D eigenvalue weighted by atomic mass is 10.1. The molecule has 1 aromatic heterocycles. The quantitative estimate of drug-likeness (QED) is 0.119. The lowest BCUT2D eigenvalue weighted by molar-refractivity contribution is -0.134. The Kier molecular flexibility index (Phi) is 11.8. The Morgan fingerprint density at radius 3 is 2.10 bits per heavy atom. The third-order valence-corrected chi connectivity index (χ3v) is 7.00. The van der Waals surface area contributed by atoms with Crippen molar-refractivity contribution in [2.45, 2.75) is 89.8 Å². The second-order valence-electron chi connectivity index (χ2n) is 8.37. The van der Waals surface area contributed by atoms with Gasteiger partial charge in [0.2, 0.25) is 0 Å². The topological polar surface area (TPSA) is 52.1 Å². The van der Waals surface area contributed by atoms with E-state index in [0.717, 1.165) is 18.4 Å². The molecule has 2 rings (SSSR count). The van der Waals surface area contributed by atoms with Crippen LogP contribution in [-0.4, -0.2) is 20.8 Å². The van der Waals surface area contributed by atoms with Crippen molar-refractivity contribution in [1.82, 2.24) is 9.97 Å². The second kappa shape index (κ2) is 14.3. The summed E-state index contributed by atoms with van der Waals surface area (Å²) in [5.41, 5.74) is 2.10. The predicted molar refractivity (Wildman–Crippen MR) is 132 cm³/mol. The molecule has 0 aliphatic carbocycles. The minimum absolute atomic E-state index is 0.226. The van der Waals surface area contributed by atoms with Crippen molar-refractivity contribution < 1.29 is 9.53 Å². The Labute approximate surface area is 196 Å². The number of carbonyl (C=O) groups is 1. The number of halogens is 1. The SMILES string of the molecule is CCCCCCCCCCc1cnc(-c2ccc(OC(=O)C(Br)C(C)CC)cc2)nc1. The van der Waals surface area contributed by atoms with Gasteiger partial charge in [0.1, 0.15) is 10.6 Å². The van der Waals surface area contributed by atoms with Gasteiger partial charge in [0, 0.05) is 18.0 Å². The first-order chi connectivity index (χ1) is 15.0. The van der Waals surface area contributed by atoms with Crippen LogP contribution in [0.2, 0.25) is 0 Å². The average molecular weight is 489 g/mol. The summed E-state index contributed by atoms with van der Waals surface area (Å²) in [5.74, 6) is 1.19. The Morgan fingerprint density at radius 1 is 0.935 bits per heavy atom. The number of carbonyl (C=O) groups excluding carboxylic acids is 1. The van der Waals surface area contributed by atoms with E-state index in [4.69, 9.17) is 4.74 Å². The highest BCUT2D eigenvalue weighted by molar-refractivity contribution is 9.10. The summed E-state index contributed by atoms with van der Waals surface area (Å²) in [6, 6.07) is 7.37. The zero-order valence-electron chi connectivity index (χ0n) is 19.3. The van der Waals surface area contributed by atoms with E-state index < -0.39 is 0 Å². The molecule has 0 spiro atoms. The van der Waals surface area contributed by atoms with Gasteiger partial charge in [-0.25, -0.2) is 9.97 Å². The summed E-state index contributed by atoms with van der Waals surface area (Å²) in [5, 5.41) is 0. The van der Waals surface area contributed by atoms with Crippen LogP contribution in [0.25, 0.3) is 11.4 Å². The second-order valence-corrected chi connectivity index (χ2v) is 9.36. The summed E-state index contributed by atoms with van der Waals surface area (Å²) in [7, 11) is 0. The number of alkyl halides is 1. The zero-order valence-corrected chi connectivity index (χ0v) is 20.9. The third kappa shape index (κ3) is 9.10. The Balaban J connectivity index is 1.77. The van der Waals surface area contributed by atoms with Crippen molar-refractivity contribution in [3.63, 3.8) is 0 Å². The zero-order chi connectivity index (χ0) is 22.5. The molecule has 0 aliphatic rings. The minimum atomic E-state index is -0.297. The van der Waals surface area contributed by atoms with E-state index >= 15 is 0 Å². The molecule has 0 fully saturated rings. The first-order valence-corrected chi connectivity index (χ1v) is 12.7. The van der Waals surface area contributed by atoms with Gasteiger partial charge in [0.25, 0.3) is 0 Å². The number of nitrogens with zero attached hydrogens (tertiary/aromatic N) is 2. The summed E-state index contributed by atoms with van der Waals surface area (Å²) in [4.78, 5) is 20.9. The van der Waals surface area contributed by atoms with Crippen LogP contribution in [0.1, 0.15) is 84.1 Å². The van der Waals surface area contributed by atoms with E-state index in [1.807, 2.05) is 31.5 Å². The molecule has 2 unspecified atom stereocenters. The van der Waals surface area contributed by atoms with E-state index in [1.165, 1.54) is 56.9 Å². The number of ether oxygens (including phenoxy) is 1. The van der Waals surface area contributed by atoms with Gasteiger partial charge >= 0.3 is 5.97 Å². The maximum atomic E-state index is 12.2. The summed E-state index contributed by atoms with van der Waals surface area (Å²) >= 11 is 3.43. The molecule has 0 saturated heterocycles. The smallest absolute Gasteiger partial charge is 0.325 e. The predicted octanol–water partition coefficient (Wildman–Crippen LogP) is 7.54. The van der Waals surface area contributed by atoms with Crippen LogP contribution in [0.5, 0.6) is 5.75 Å². The molecular weight excluding hydrogens is 452 g/mol. The van der Waals surface area contributed by atoms with Crippen LogP contribution in [0.4, 0.5) is 0 Å². The largest absolute Gasteiger partial charge is 0.426 e. The van der Waals surface area contributed by atoms with Gasteiger partial charge in [0.15, 0.2) is 5.82 Å². The first-order valence-electron chi connectivity index (χ1n) is 11.8. The lowest BCUT2D eigenvalue weighted by Crippen LogP contribution is -2.26. The molecule has 31 heavy (non-hydrogen) atoms. The Morgan fingerprint density at radius 2 is 1.52 bits per heavy atom. The molecule has 170 valence electrons. The molecule has 1 heterocycles. The molecule has 5 heteroatoms. The molecule has 2 atom stereocenters. The van der Waals surface area contributed by atoms with Crippen molar-refractivity contribution in [1.29, 1.82) is 0 Å². The average Bonchev–Trinajstić information content (AvgIpc) is 2.80. The Bertz CT molecular complexity index is 762. The van der Waals surface area contributed by atoms with Crippen molar-refractivity contribution >= 4 is 21.9 Å². The van der Waals surface area contributed by atoms with Gasteiger partial charge in [0.05, 0.1) is 0 Å². The maximum Gasteiger partial charge on any atom is 0.325 e. The van der Waals surface area contributed by atoms with Crippen LogP contribution in [0, 0.1) is 5.92 Å². The van der Waals surface area contributed by atoms with Gasteiger partial charge in [-0.3, -0.25) is 4.79 Å². The normalized spacial score (nSPS) is 13.0. The van der Waals surface area contributed by atoms with E-state index in [9.17, 15) is 4.79 Å². The van der Waals surface area contributed by atoms with Crippen LogP contribution in [-0.2, 0) is 11.2 Å². The van der Waals surface area contributed by atoms with E-state index in [1.54, 1.807) is 12.1 Å². The van der Waals surface area contributed by atoms with E-state index in [2.05, 4.69) is 39.7 Å². The number of hydrogen-bond acceptors (Lipinski definition) is 4. The van der Waals surface area contributed by atoms with Crippen LogP contribution < -0.4 is 4.74 Å². The van der Waals surface area contributed by atoms with Gasteiger partial charge in [-0.05, 0) is 48.6 Å². The highest BCUT2D eigenvalue weighted by Gasteiger charge is 2.22. The molecule has 2 aromatic rings. The summed E-state index contributed by atoms with van der Waals surface area (Å²) in [6.07, 6.45) is 16.4. The number of aryl methyl sites for hydroxylation is 1. The van der Waals surface area contributed by atoms with Gasteiger partial charge in [-0.15, -0.1) is 0 Å². The van der Waals surface area contributed by atoms with Crippen molar-refractivity contribution in [2.24, 2.45) is 5.92 Å². The molecule has 0 bridgehead atoms. The maximum absolute atomic E-state index is 12.2. The van der Waals surface area contributed by atoms with Gasteiger partial charge in [-0.1, -0.05) is 88.1 Å². The highest BCUT2D eigenvalue weighted by Crippen LogP contribution is 2.23. The van der Waals surface area contributed by atoms with E-state index in [-0.39, 0.29) is 16.7 Å². The van der Waals surface area contributed by atoms with Gasteiger partial charge in [-0.2, -0.15) is 0 Å². The first kappa shape index (κ1) is 25.5. The molecule has 0 radical (unpaired) electrons. The van der Waals surface area contributed by atoms with Crippen molar-refractivity contribution in [2.75, 3.05) is 0 Å². The lowest BCUT2D eigenvalue weighted by Gasteiger charge is -2.15. The van der Waals surface area contributed by atoms with Crippen LogP contribution in [0.3, 0.4) is 0 Å². The molecular formula is C26H37BrN2O2. The fraction of sp³-hybridized carbons (Fsp3) is 0.577. The fourth-order valence-corrected chi connectivity index (χ4v) is 3.85. The number of benzene rings is 1. The van der Waals surface area contributed by atoms with E-state index in [0.29, 0.717) is 11.6 Å². The molecule has 0 aliphatic heterocycles. The number of rotatable bonds is 14. The highest BCUT2D eigenvalue weighted by atomic mass is 79.9. The van der Waals surface area contributed by atoms with Crippen LogP contribution >= 0.6 is 15.9 Å². The number of unbranched alkanes of at least 4 members (excludes halogenated alkanes) is 7. The van der Waals surface area contributed by atoms with Crippen molar-refractivity contribution in [3.05, 3.63) is 42.2 Å². The molecule has 4 nitrogen and oxygen atoms in total. The minimum Gasteiger partial charge on any atom is -0.426 e.